The van der Waals surface area contributed by atoms with Gasteiger partial charge in [0.1, 0.15) is 6.33 Å². The zero-order chi connectivity index (χ0) is 13.8. The molecule has 1 aromatic heterocycles. The van der Waals surface area contributed by atoms with Crippen LogP contribution in [0.4, 0.5) is 11.6 Å². The Kier molecular flexibility index (Phi) is 3.57. The van der Waals surface area contributed by atoms with E-state index in [1.165, 1.54) is 30.7 Å². The molecule has 0 aliphatic carbocycles. The summed E-state index contributed by atoms with van der Waals surface area (Å²) >= 11 is 5.89. The van der Waals surface area contributed by atoms with Crippen LogP contribution in [0, 0.1) is 10.1 Å². The Bertz CT molecular complexity index is 639. The van der Waals surface area contributed by atoms with E-state index in [4.69, 9.17) is 17.4 Å². The number of hydrogen-bond donors (Lipinski definition) is 2. The van der Waals surface area contributed by atoms with Gasteiger partial charge in [-0.2, -0.15) is 5.10 Å². The number of rotatable bonds is 4. The highest BCUT2D eigenvalue weighted by Gasteiger charge is 2.08. The topological polar surface area (TPSA) is 124 Å². The predicted octanol–water partition coefficient (Wildman–Crippen LogP) is 0.999. The van der Waals surface area contributed by atoms with E-state index in [1.807, 2.05) is 0 Å². The number of nitrogen functional groups attached to an aromatic ring is 1. The van der Waals surface area contributed by atoms with Crippen LogP contribution in [0.5, 0.6) is 0 Å². The zero-order valence-electron chi connectivity index (χ0n) is 9.39. The van der Waals surface area contributed by atoms with Crippen molar-refractivity contribution in [3.8, 4) is 0 Å². The molecule has 0 amide bonds. The van der Waals surface area contributed by atoms with Gasteiger partial charge in [0, 0.05) is 22.7 Å². The van der Waals surface area contributed by atoms with Gasteiger partial charge in [-0.05, 0) is 6.07 Å². The molecule has 2 aromatic rings. The van der Waals surface area contributed by atoms with Crippen LogP contribution in [-0.4, -0.2) is 26.0 Å². The molecule has 3 N–H and O–H groups in total. The van der Waals surface area contributed by atoms with E-state index in [1.54, 1.807) is 0 Å². The van der Waals surface area contributed by atoms with Gasteiger partial charge < -0.3 is 5.84 Å². The summed E-state index contributed by atoms with van der Waals surface area (Å²) in [4.78, 5) is 10.1. The van der Waals surface area contributed by atoms with Gasteiger partial charge in [0.05, 0.1) is 11.1 Å². The second kappa shape index (κ2) is 5.31. The highest BCUT2D eigenvalue weighted by atomic mass is 35.5. The maximum Gasteiger partial charge on any atom is 0.270 e. The molecule has 1 aromatic carbocycles. The Hall–Kier alpha value is -2.68. The monoisotopic (exact) mass is 281 g/mol. The molecular weight excluding hydrogens is 274 g/mol. The molecule has 0 aliphatic rings. The fourth-order valence-electron chi connectivity index (χ4n) is 1.23. The highest BCUT2D eigenvalue weighted by Crippen LogP contribution is 2.20. The molecule has 2 rings (SSSR count). The summed E-state index contributed by atoms with van der Waals surface area (Å²) < 4.78 is 1.13. The maximum absolute atomic E-state index is 10.6. The molecule has 0 radical (unpaired) electrons. The zero-order valence-corrected chi connectivity index (χ0v) is 10.2. The van der Waals surface area contributed by atoms with Gasteiger partial charge in [0.2, 0.25) is 0 Å². The van der Waals surface area contributed by atoms with Crippen LogP contribution >= 0.6 is 11.6 Å². The lowest BCUT2D eigenvalue weighted by molar-refractivity contribution is -0.384. The smallest absolute Gasteiger partial charge is 0.270 e. The number of nitrogens with zero attached hydrogens (tertiary/aromatic N) is 5. The molecule has 10 heteroatoms. The van der Waals surface area contributed by atoms with E-state index in [0.717, 1.165) is 4.68 Å². The summed E-state index contributed by atoms with van der Waals surface area (Å²) in [5.41, 5.74) is 2.84. The lowest BCUT2D eigenvalue weighted by atomic mass is 10.2. The molecule has 0 spiro atoms. The first-order chi connectivity index (χ1) is 9.08. The first kappa shape index (κ1) is 12.8. The molecule has 0 fully saturated rings. The molecule has 98 valence electrons. The average molecular weight is 282 g/mol. The number of nitrogens with one attached hydrogen (secondary N) is 1. The van der Waals surface area contributed by atoms with Crippen LogP contribution in [0.25, 0.3) is 0 Å². The van der Waals surface area contributed by atoms with Crippen molar-refractivity contribution in [2.75, 3.05) is 11.3 Å². The fraction of sp³-hybridized carbons (Fsp3) is 0. The number of hydrazone groups is 1. The number of nitro benzene ring substituents is 1. The van der Waals surface area contributed by atoms with Gasteiger partial charge >= 0.3 is 0 Å². The summed E-state index contributed by atoms with van der Waals surface area (Å²) in [5.74, 6) is 5.67. The molecule has 9 nitrogen and oxygen atoms in total. The largest absolute Gasteiger partial charge is 0.335 e. The first-order valence-corrected chi connectivity index (χ1v) is 5.34. The van der Waals surface area contributed by atoms with Crippen molar-refractivity contribution in [2.45, 2.75) is 0 Å². The molecule has 1 heterocycles. The second-order valence-corrected chi connectivity index (χ2v) is 3.80. The molecule has 0 saturated heterocycles. The Balaban J connectivity index is 2.16. The van der Waals surface area contributed by atoms with Crippen LogP contribution < -0.4 is 11.3 Å². The third-order valence-corrected chi connectivity index (χ3v) is 2.48. The van der Waals surface area contributed by atoms with Crippen molar-refractivity contribution < 1.29 is 4.92 Å². The quantitative estimate of drug-likeness (QED) is 0.373. The van der Waals surface area contributed by atoms with Crippen LogP contribution in [-0.2, 0) is 0 Å². The van der Waals surface area contributed by atoms with Crippen molar-refractivity contribution in [3.05, 3.63) is 45.2 Å². The number of anilines is 1. The summed E-state index contributed by atoms with van der Waals surface area (Å²) in [5, 5.41) is 22.0. The molecule has 0 bridgehead atoms. The number of non-ortho nitro benzene ring substituents is 1. The normalized spacial score (nSPS) is 10.8. The summed E-state index contributed by atoms with van der Waals surface area (Å²) in [6.45, 7) is 0. The van der Waals surface area contributed by atoms with Crippen LogP contribution in [0.3, 0.4) is 0 Å². The summed E-state index contributed by atoms with van der Waals surface area (Å²) in [6.07, 6.45) is 2.61. The standard InChI is InChI=1S/C9H8ClN7O2/c10-8-2-1-7(17(18)19)3-6(8)4-12-14-9-15-13-5-16(9)11/h1-5H,11H2,(H,14,15). The molecule has 0 atom stereocenters. The average Bonchev–Trinajstić information content (AvgIpc) is 2.77. The summed E-state index contributed by atoms with van der Waals surface area (Å²) in [7, 11) is 0. The van der Waals surface area contributed by atoms with Crippen molar-refractivity contribution in [2.24, 2.45) is 5.10 Å². The van der Waals surface area contributed by atoms with E-state index in [-0.39, 0.29) is 11.6 Å². The number of halogens is 1. The van der Waals surface area contributed by atoms with Crippen LogP contribution in [0.1, 0.15) is 5.56 Å². The molecule has 0 saturated carbocycles. The number of hydrogen-bond acceptors (Lipinski definition) is 7. The lowest BCUT2D eigenvalue weighted by Crippen LogP contribution is -2.10. The van der Waals surface area contributed by atoms with Crippen LogP contribution in [0.15, 0.2) is 29.6 Å². The Labute approximate surface area is 111 Å². The lowest BCUT2D eigenvalue weighted by Gasteiger charge is -1.99. The second-order valence-electron chi connectivity index (χ2n) is 3.39. The van der Waals surface area contributed by atoms with Gasteiger partial charge in [0.25, 0.3) is 11.6 Å². The first-order valence-electron chi connectivity index (χ1n) is 4.96. The predicted molar refractivity (Wildman–Crippen MR) is 69.5 cm³/mol. The van der Waals surface area contributed by atoms with Crippen molar-refractivity contribution in [1.29, 1.82) is 0 Å². The minimum absolute atomic E-state index is 0.0761. The van der Waals surface area contributed by atoms with Gasteiger partial charge in [-0.25, -0.2) is 10.1 Å². The van der Waals surface area contributed by atoms with Gasteiger partial charge in [0.15, 0.2) is 0 Å². The minimum Gasteiger partial charge on any atom is -0.335 e. The van der Waals surface area contributed by atoms with E-state index >= 15 is 0 Å². The molecular formula is C9H8ClN7O2. The molecule has 0 aliphatic heterocycles. The van der Waals surface area contributed by atoms with Gasteiger partial charge in [-0.15, -0.1) is 10.2 Å². The molecule has 19 heavy (non-hydrogen) atoms. The fourth-order valence-corrected chi connectivity index (χ4v) is 1.39. The Morgan fingerprint density at radius 1 is 1.58 bits per heavy atom. The minimum atomic E-state index is -0.516. The van der Waals surface area contributed by atoms with Crippen molar-refractivity contribution in [3.63, 3.8) is 0 Å². The summed E-state index contributed by atoms with van der Waals surface area (Å²) in [6, 6.07) is 4.04. The third kappa shape index (κ3) is 2.96. The van der Waals surface area contributed by atoms with E-state index < -0.39 is 4.92 Å². The Morgan fingerprint density at radius 2 is 2.37 bits per heavy atom. The van der Waals surface area contributed by atoms with E-state index in [2.05, 4.69) is 20.7 Å². The number of benzene rings is 1. The molecule has 0 unspecified atom stereocenters. The highest BCUT2D eigenvalue weighted by molar-refractivity contribution is 6.33. The Morgan fingerprint density at radius 3 is 3.00 bits per heavy atom. The van der Waals surface area contributed by atoms with Crippen molar-refractivity contribution in [1.82, 2.24) is 14.9 Å². The van der Waals surface area contributed by atoms with Crippen LogP contribution in [0.2, 0.25) is 5.02 Å². The number of nitro groups is 1. The third-order valence-electron chi connectivity index (χ3n) is 2.13. The van der Waals surface area contributed by atoms with Gasteiger partial charge in [-0.1, -0.05) is 11.6 Å². The van der Waals surface area contributed by atoms with Gasteiger partial charge in [-0.3, -0.25) is 10.1 Å². The number of nitrogens with two attached hydrogens (primary N) is 1. The number of aromatic nitrogens is 3. The van der Waals surface area contributed by atoms with E-state index in [9.17, 15) is 10.1 Å². The van der Waals surface area contributed by atoms with Crippen molar-refractivity contribution >= 4 is 29.5 Å². The SMILES string of the molecule is Nn1cnnc1NN=Cc1cc([N+](=O)[O-])ccc1Cl. The maximum atomic E-state index is 10.6. The van der Waals surface area contributed by atoms with E-state index in [0.29, 0.717) is 10.6 Å².